The number of carbonyl (C=O) groups is 1. The first-order valence-corrected chi connectivity index (χ1v) is 9.31. The Morgan fingerprint density at radius 1 is 1.08 bits per heavy atom. The van der Waals surface area contributed by atoms with Gasteiger partial charge in [0.2, 0.25) is 5.91 Å². The van der Waals surface area contributed by atoms with Gasteiger partial charge in [-0.1, -0.05) is 6.07 Å². The molecule has 0 spiro atoms. The second kappa shape index (κ2) is 5.78. The average molecular weight is 392 g/mol. The van der Waals surface area contributed by atoms with Gasteiger partial charge in [-0.05, 0) is 67.6 Å². The molecule has 1 aromatic rings. The largest absolute Gasteiger partial charge is 0.416 e. The topological polar surface area (TPSA) is 29.1 Å². The van der Waals surface area contributed by atoms with E-state index in [1.165, 1.54) is 12.1 Å². The lowest BCUT2D eigenvalue weighted by Gasteiger charge is -2.10. The Labute approximate surface area is 154 Å². The van der Waals surface area contributed by atoms with Crippen LogP contribution >= 0.6 is 23.2 Å². The zero-order chi connectivity index (χ0) is 18.0. The summed E-state index contributed by atoms with van der Waals surface area (Å²) in [6.07, 6.45) is -0.749. The van der Waals surface area contributed by atoms with E-state index in [1.807, 2.05) is 0 Å². The molecule has 1 amide bonds. The van der Waals surface area contributed by atoms with Crippen LogP contribution in [0.25, 0.3) is 0 Å². The molecule has 0 heterocycles. The molecule has 3 saturated carbocycles. The monoisotopic (exact) mass is 391 g/mol. The highest BCUT2D eigenvalue weighted by Crippen LogP contribution is 2.67. The highest BCUT2D eigenvalue weighted by atomic mass is 35.5. The fourth-order valence-corrected chi connectivity index (χ4v) is 5.53. The molecule has 0 saturated heterocycles. The maximum absolute atomic E-state index is 12.8. The normalized spacial score (nSPS) is 35.6. The minimum Gasteiger partial charge on any atom is -0.326 e. The molecule has 1 N–H and O–H groups in total. The molecule has 0 bridgehead atoms. The van der Waals surface area contributed by atoms with Crippen molar-refractivity contribution in [1.82, 2.24) is 0 Å². The molecule has 1 aromatic carbocycles. The quantitative estimate of drug-likeness (QED) is 0.662. The number of hydrogen-bond donors (Lipinski definition) is 1. The molecule has 1 unspecified atom stereocenters. The lowest BCUT2D eigenvalue weighted by Crippen LogP contribution is -2.16. The Bertz CT molecular complexity index is 684. The number of carbonyl (C=O) groups excluding carboxylic acids is 1. The number of anilines is 1. The molecule has 2 nitrogen and oxygen atoms in total. The lowest BCUT2D eigenvalue weighted by molar-refractivity contribution is -0.137. The Balaban J connectivity index is 1.39. The summed E-state index contributed by atoms with van der Waals surface area (Å²) in [7, 11) is 0. The maximum Gasteiger partial charge on any atom is 0.416 e. The number of fused-ring (bicyclic) bond motifs is 2. The van der Waals surface area contributed by atoms with Gasteiger partial charge in [-0.15, -0.1) is 23.2 Å². The average Bonchev–Trinajstić information content (AvgIpc) is 3.31. The van der Waals surface area contributed by atoms with E-state index < -0.39 is 16.1 Å². The standard InChI is InChI=1S/C18H18Cl2F3NO/c19-17(20)13-6-4-11-12(5-7-14(13)17)15(11)16(25)24-10-3-1-2-9(8-10)18(21,22)23/h1-3,8,11-15H,4-7H2,(H,24,25)/t11-,12-,13-,14+,15?/m0/s1. The number of halogens is 5. The van der Waals surface area contributed by atoms with Gasteiger partial charge in [-0.2, -0.15) is 13.2 Å². The van der Waals surface area contributed by atoms with E-state index in [9.17, 15) is 18.0 Å². The molecule has 25 heavy (non-hydrogen) atoms. The van der Waals surface area contributed by atoms with Crippen molar-refractivity contribution in [2.24, 2.45) is 29.6 Å². The number of hydrogen-bond acceptors (Lipinski definition) is 1. The molecule has 136 valence electrons. The van der Waals surface area contributed by atoms with Crippen LogP contribution in [0.2, 0.25) is 0 Å². The van der Waals surface area contributed by atoms with Gasteiger partial charge in [-0.25, -0.2) is 0 Å². The fourth-order valence-electron chi connectivity index (χ4n) is 4.61. The summed E-state index contributed by atoms with van der Waals surface area (Å²) in [5.41, 5.74) is -0.560. The fraction of sp³-hybridized carbons (Fsp3) is 0.611. The molecule has 5 atom stereocenters. The van der Waals surface area contributed by atoms with Crippen molar-refractivity contribution < 1.29 is 18.0 Å². The van der Waals surface area contributed by atoms with Gasteiger partial charge < -0.3 is 5.32 Å². The van der Waals surface area contributed by atoms with Crippen LogP contribution in [-0.2, 0) is 11.0 Å². The van der Waals surface area contributed by atoms with Crippen molar-refractivity contribution >= 4 is 34.8 Å². The first-order valence-electron chi connectivity index (χ1n) is 8.55. The van der Waals surface area contributed by atoms with Gasteiger partial charge >= 0.3 is 6.18 Å². The van der Waals surface area contributed by atoms with Gasteiger partial charge in [0.05, 0.1) is 5.56 Å². The number of alkyl halides is 5. The van der Waals surface area contributed by atoms with Crippen molar-refractivity contribution in [3.8, 4) is 0 Å². The van der Waals surface area contributed by atoms with Gasteiger partial charge in [0.1, 0.15) is 4.33 Å². The molecule has 3 fully saturated rings. The second-order valence-corrected chi connectivity index (χ2v) is 8.91. The highest BCUT2D eigenvalue weighted by molar-refractivity contribution is 6.51. The van der Waals surface area contributed by atoms with E-state index >= 15 is 0 Å². The van der Waals surface area contributed by atoms with Gasteiger partial charge in [-0.3, -0.25) is 4.79 Å². The molecular formula is C18H18Cl2F3NO. The van der Waals surface area contributed by atoms with E-state index in [4.69, 9.17) is 23.2 Å². The number of nitrogens with one attached hydrogen (secondary N) is 1. The van der Waals surface area contributed by atoms with Crippen molar-refractivity contribution in [1.29, 1.82) is 0 Å². The third kappa shape index (κ3) is 3.14. The number of benzene rings is 1. The number of rotatable bonds is 2. The SMILES string of the molecule is O=C(Nc1cccc(C(F)(F)F)c1)C1[C@H]2CC[C@@H]3[C@H](CC[C@H]12)C3(Cl)Cl. The van der Waals surface area contributed by atoms with Crippen molar-refractivity contribution in [3.63, 3.8) is 0 Å². The molecule has 3 aliphatic carbocycles. The third-order valence-electron chi connectivity index (χ3n) is 6.08. The van der Waals surface area contributed by atoms with Crippen molar-refractivity contribution in [2.45, 2.75) is 36.2 Å². The van der Waals surface area contributed by atoms with E-state index in [0.717, 1.165) is 37.8 Å². The smallest absolute Gasteiger partial charge is 0.326 e. The second-order valence-electron chi connectivity index (χ2n) is 7.46. The van der Waals surface area contributed by atoms with Crippen LogP contribution < -0.4 is 5.32 Å². The molecule has 0 aliphatic heterocycles. The summed E-state index contributed by atoms with van der Waals surface area (Å²) >= 11 is 12.5. The van der Waals surface area contributed by atoms with Crippen LogP contribution in [-0.4, -0.2) is 10.2 Å². The van der Waals surface area contributed by atoms with E-state index in [1.54, 1.807) is 0 Å². The van der Waals surface area contributed by atoms with Crippen LogP contribution in [0, 0.1) is 29.6 Å². The maximum atomic E-state index is 12.8. The Morgan fingerprint density at radius 3 is 2.24 bits per heavy atom. The summed E-state index contributed by atoms with van der Waals surface area (Å²) in [4.78, 5) is 12.5. The Kier molecular flexibility index (Phi) is 4.04. The van der Waals surface area contributed by atoms with E-state index in [0.29, 0.717) is 23.7 Å². The molecular weight excluding hydrogens is 374 g/mol. The van der Waals surface area contributed by atoms with E-state index in [2.05, 4.69) is 5.32 Å². The predicted octanol–water partition coefficient (Wildman–Crippen LogP) is 5.50. The molecule has 0 aromatic heterocycles. The zero-order valence-electron chi connectivity index (χ0n) is 13.3. The van der Waals surface area contributed by atoms with Crippen LogP contribution in [0.4, 0.5) is 18.9 Å². The summed E-state index contributed by atoms with van der Waals surface area (Å²) in [5.74, 6) is 0.974. The van der Waals surface area contributed by atoms with Crippen LogP contribution in [0.1, 0.15) is 31.2 Å². The minimum absolute atomic E-state index is 0.105. The summed E-state index contributed by atoms with van der Waals surface area (Å²) in [5, 5.41) is 2.66. The zero-order valence-corrected chi connectivity index (χ0v) is 14.8. The predicted molar refractivity (Wildman–Crippen MR) is 90.4 cm³/mol. The lowest BCUT2D eigenvalue weighted by atomic mass is 10.0. The number of amides is 1. The van der Waals surface area contributed by atoms with Gasteiger partial charge in [0.25, 0.3) is 0 Å². The van der Waals surface area contributed by atoms with Crippen LogP contribution in [0.15, 0.2) is 24.3 Å². The first kappa shape index (κ1) is 17.5. The minimum atomic E-state index is -4.42. The third-order valence-corrected chi connectivity index (χ3v) is 7.20. The molecule has 7 heteroatoms. The van der Waals surface area contributed by atoms with E-state index in [-0.39, 0.29) is 17.5 Å². The summed E-state index contributed by atoms with van der Waals surface area (Å²) in [6.45, 7) is 0. The molecule has 0 radical (unpaired) electrons. The van der Waals surface area contributed by atoms with Crippen LogP contribution in [0.3, 0.4) is 0 Å². The molecule has 3 aliphatic rings. The van der Waals surface area contributed by atoms with Crippen LogP contribution in [0.5, 0.6) is 0 Å². The summed E-state index contributed by atoms with van der Waals surface area (Å²) in [6, 6.07) is 4.77. The Morgan fingerprint density at radius 2 is 1.68 bits per heavy atom. The Hall–Kier alpha value is -0.940. The van der Waals surface area contributed by atoms with Gasteiger partial charge in [0, 0.05) is 11.6 Å². The highest BCUT2D eigenvalue weighted by Gasteiger charge is 2.65. The van der Waals surface area contributed by atoms with Crippen molar-refractivity contribution in [3.05, 3.63) is 29.8 Å². The first-order chi connectivity index (χ1) is 11.7. The van der Waals surface area contributed by atoms with Gasteiger partial charge in [0.15, 0.2) is 0 Å². The van der Waals surface area contributed by atoms with Crippen molar-refractivity contribution in [2.75, 3.05) is 5.32 Å². The molecule has 4 rings (SSSR count). The summed E-state index contributed by atoms with van der Waals surface area (Å²) < 4.78 is 37.7.